The predicted octanol–water partition coefficient (Wildman–Crippen LogP) is 4.66. The average molecular weight is 317 g/mol. The van der Waals surface area contributed by atoms with Crippen LogP contribution in [-0.4, -0.2) is 10.9 Å². The van der Waals surface area contributed by atoms with Crippen LogP contribution in [0.15, 0.2) is 28.1 Å². The van der Waals surface area contributed by atoms with Crippen LogP contribution < -0.4 is 0 Å². The molecular weight excluding hydrogens is 306 g/mol. The number of hydrogen-bond acceptors (Lipinski definition) is 2. The van der Waals surface area contributed by atoms with Gasteiger partial charge in [-0.2, -0.15) is 0 Å². The molecule has 0 radical (unpaired) electrons. The van der Waals surface area contributed by atoms with E-state index in [2.05, 4.69) is 45.4 Å². The number of halogens is 2. The summed E-state index contributed by atoms with van der Waals surface area (Å²) in [5.41, 5.74) is 3.52. The topological polar surface area (TPSA) is 12.9 Å². The molecule has 2 rings (SSSR count). The van der Waals surface area contributed by atoms with Crippen molar-refractivity contribution in [2.24, 2.45) is 0 Å². The first-order valence-corrected chi connectivity index (χ1v) is 7.18. The van der Waals surface area contributed by atoms with Crippen LogP contribution in [0.4, 0.5) is 0 Å². The largest absolute Gasteiger partial charge is 0.241 e. The molecule has 0 spiro atoms. The van der Waals surface area contributed by atoms with Gasteiger partial charge < -0.3 is 0 Å². The summed E-state index contributed by atoms with van der Waals surface area (Å²) in [6, 6.07) is 6.26. The molecule has 0 aliphatic carbocycles. The number of benzene rings is 1. The van der Waals surface area contributed by atoms with Gasteiger partial charge in [-0.05, 0) is 24.6 Å². The maximum atomic E-state index is 5.70. The van der Waals surface area contributed by atoms with E-state index in [0.29, 0.717) is 5.88 Å². The fourth-order valence-corrected chi connectivity index (χ4v) is 2.96. The second-order valence-electron chi connectivity index (χ2n) is 3.54. The monoisotopic (exact) mass is 315 g/mol. The van der Waals surface area contributed by atoms with E-state index in [0.717, 1.165) is 21.6 Å². The van der Waals surface area contributed by atoms with Crippen LogP contribution in [0.1, 0.15) is 11.3 Å². The first-order chi connectivity index (χ1) is 7.70. The number of rotatable bonds is 3. The molecule has 0 atom stereocenters. The van der Waals surface area contributed by atoms with Crippen molar-refractivity contribution < 1.29 is 0 Å². The third-order valence-corrected chi connectivity index (χ3v) is 3.94. The Balaban J connectivity index is 2.38. The van der Waals surface area contributed by atoms with Gasteiger partial charge in [0.2, 0.25) is 0 Å². The third-order valence-electron chi connectivity index (χ3n) is 2.33. The van der Waals surface area contributed by atoms with Crippen LogP contribution in [0.2, 0.25) is 0 Å². The summed E-state index contributed by atoms with van der Waals surface area (Å²) in [7, 11) is 0. The second kappa shape index (κ2) is 5.30. The van der Waals surface area contributed by atoms with E-state index in [1.165, 1.54) is 11.1 Å². The molecule has 1 nitrogen and oxygen atoms in total. The molecule has 0 bridgehead atoms. The zero-order valence-corrected chi connectivity index (χ0v) is 12.0. The summed E-state index contributed by atoms with van der Waals surface area (Å²) in [6.45, 7) is 2.10. The Morgan fingerprint density at radius 3 is 3.00 bits per heavy atom. The molecule has 0 aliphatic heterocycles. The molecule has 0 fully saturated rings. The Morgan fingerprint density at radius 1 is 1.44 bits per heavy atom. The van der Waals surface area contributed by atoms with Gasteiger partial charge in [0.1, 0.15) is 5.01 Å². The number of thiazole rings is 1. The highest BCUT2D eigenvalue weighted by Gasteiger charge is 2.07. The smallest absolute Gasteiger partial charge is 0.123 e. The van der Waals surface area contributed by atoms with Crippen LogP contribution in [0.25, 0.3) is 10.6 Å². The summed E-state index contributed by atoms with van der Waals surface area (Å²) in [4.78, 5) is 4.59. The SMILES string of the molecule is Cc1ccc(Br)cc1-c1nc(CCCl)cs1. The molecule has 0 saturated heterocycles. The zero-order chi connectivity index (χ0) is 11.5. The lowest BCUT2D eigenvalue weighted by Crippen LogP contribution is -1.87. The van der Waals surface area contributed by atoms with Gasteiger partial charge in [-0.1, -0.05) is 22.0 Å². The molecule has 1 aromatic carbocycles. The minimum atomic E-state index is 0.626. The Labute approximate surface area is 113 Å². The quantitative estimate of drug-likeness (QED) is 0.750. The van der Waals surface area contributed by atoms with Gasteiger partial charge in [0.25, 0.3) is 0 Å². The molecular formula is C12H11BrClNS. The number of nitrogens with zero attached hydrogens (tertiary/aromatic N) is 1. The van der Waals surface area contributed by atoms with Crippen LogP contribution in [-0.2, 0) is 6.42 Å². The van der Waals surface area contributed by atoms with Crippen LogP contribution >= 0.6 is 38.9 Å². The number of hydrogen-bond donors (Lipinski definition) is 0. The van der Waals surface area contributed by atoms with E-state index in [1.54, 1.807) is 11.3 Å². The second-order valence-corrected chi connectivity index (χ2v) is 5.69. The van der Waals surface area contributed by atoms with Crippen molar-refractivity contribution in [3.63, 3.8) is 0 Å². The van der Waals surface area contributed by atoms with E-state index in [1.807, 2.05) is 6.07 Å². The standard InChI is InChI=1S/C12H11BrClNS/c1-8-2-3-9(13)6-11(8)12-15-10(4-5-14)7-16-12/h2-3,6-7H,4-5H2,1H3. The Hall–Kier alpha value is -0.380. The summed E-state index contributed by atoms with van der Waals surface area (Å²) < 4.78 is 1.09. The van der Waals surface area contributed by atoms with Gasteiger partial charge in [-0.3, -0.25) is 0 Å². The molecule has 0 N–H and O–H groups in total. The van der Waals surface area contributed by atoms with Gasteiger partial charge in [0.15, 0.2) is 0 Å². The van der Waals surface area contributed by atoms with Crippen molar-refractivity contribution in [1.82, 2.24) is 4.98 Å². The van der Waals surface area contributed by atoms with Crippen LogP contribution in [0.3, 0.4) is 0 Å². The molecule has 16 heavy (non-hydrogen) atoms. The van der Waals surface area contributed by atoms with Gasteiger partial charge in [-0.25, -0.2) is 4.98 Å². The minimum absolute atomic E-state index is 0.626. The average Bonchev–Trinajstić information content (AvgIpc) is 2.71. The molecule has 0 saturated carbocycles. The van der Waals surface area contributed by atoms with Gasteiger partial charge in [-0.15, -0.1) is 22.9 Å². The molecule has 4 heteroatoms. The summed E-state index contributed by atoms with van der Waals surface area (Å²) >= 11 is 10.9. The Bertz CT molecular complexity index is 496. The lowest BCUT2D eigenvalue weighted by molar-refractivity contribution is 1.07. The van der Waals surface area contributed by atoms with E-state index in [9.17, 15) is 0 Å². The lowest BCUT2D eigenvalue weighted by atomic mass is 10.1. The van der Waals surface area contributed by atoms with E-state index in [-0.39, 0.29) is 0 Å². The van der Waals surface area contributed by atoms with Crippen LogP contribution in [0.5, 0.6) is 0 Å². The Kier molecular flexibility index (Phi) is 4.00. The fourth-order valence-electron chi connectivity index (χ4n) is 1.47. The van der Waals surface area contributed by atoms with E-state index < -0.39 is 0 Å². The Morgan fingerprint density at radius 2 is 2.25 bits per heavy atom. The van der Waals surface area contributed by atoms with Crippen molar-refractivity contribution in [3.8, 4) is 10.6 Å². The number of aryl methyl sites for hydroxylation is 2. The minimum Gasteiger partial charge on any atom is -0.241 e. The maximum absolute atomic E-state index is 5.70. The molecule has 84 valence electrons. The van der Waals surface area contributed by atoms with Gasteiger partial charge >= 0.3 is 0 Å². The van der Waals surface area contributed by atoms with Crippen molar-refractivity contribution >= 4 is 38.9 Å². The number of alkyl halides is 1. The molecule has 0 amide bonds. The third kappa shape index (κ3) is 2.65. The van der Waals surface area contributed by atoms with Crippen molar-refractivity contribution in [2.75, 3.05) is 5.88 Å². The molecule has 0 aliphatic rings. The zero-order valence-electron chi connectivity index (χ0n) is 8.84. The predicted molar refractivity (Wildman–Crippen MR) is 74.4 cm³/mol. The summed E-state index contributed by atoms with van der Waals surface area (Å²) in [6.07, 6.45) is 0.838. The molecule has 2 aromatic rings. The first kappa shape index (κ1) is 12.1. The first-order valence-electron chi connectivity index (χ1n) is 4.97. The molecule has 1 aromatic heterocycles. The number of aromatic nitrogens is 1. The van der Waals surface area contributed by atoms with Crippen molar-refractivity contribution in [1.29, 1.82) is 0 Å². The normalized spacial score (nSPS) is 10.7. The molecule has 0 unspecified atom stereocenters. The van der Waals surface area contributed by atoms with E-state index >= 15 is 0 Å². The fraction of sp³-hybridized carbons (Fsp3) is 0.250. The lowest BCUT2D eigenvalue weighted by Gasteiger charge is -2.02. The van der Waals surface area contributed by atoms with Crippen molar-refractivity contribution in [3.05, 3.63) is 39.3 Å². The highest BCUT2D eigenvalue weighted by atomic mass is 79.9. The van der Waals surface area contributed by atoms with Crippen LogP contribution in [0, 0.1) is 6.92 Å². The summed E-state index contributed by atoms with van der Waals surface area (Å²) in [5.74, 6) is 0.626. The summed E-state index contributed by atoms with van der Waals surface area (Å²) in [5, 5.41) is 3.15. The van der Waals surface area contributed by atoms with Crippen molar-refractivity contribution in [2.45, 2.75) is 13.3 Å². The van der Waals surface area contributed by atoms with Gasteiger partial charge in [0, 0.05) is 27.7 Å². The highest BCUT2D eigenvalue weighted by molar-refractivity contribution is 9.10. The van der Waals surface area contributed by atoms with E-state index in [4.69, 9.17) is 11.6 Å². The molecule has 1 heterocycles. The maximum Gasteiger partial charge on any atom is 0.123 e. The van der Waals surface area contributed by atoms with Gasteiger partial charge in [0.05, 0.1) is 5.69 Å². The highest BCUT2D eigenvalue weighted by Crippen LogP contribution is 2.29.